The lowest BCUT2D eigenvalue weighted by Crippen LogP contribution is -2.34. The van der Waals surface area contributed by atoms with Crippen molar-refractivity contribution in [2.75, 3.05) is 20.3 Å². The summed E-state index contributed by atoms with van der Waals surface area (Å²) in [6, 6.07) is 13.6. The van der Waals surface area contributed by atoms with E-state index >= 15 is 0 Å². The van der Waals surface area contributed by atoms with E-state index in [-0.39, 0.29) is 5.56 Å². The standard InChI is InChI=1S/C21H21NO6/c1-3-27-16-11-8-15(9-12-16)10-13-20(24)28-14-19(23)22-21(25)17-6-4-5-7-18(17)26-2/h4-13H,3,14H2,1-2H3,(H,22,23,25)/b13-10+. The zero-order chi connectivity index (χ0) is 20.4. The summed E-state index contributed by atoms with van der Waals surface area (Å²) in [4.78, 5) is 35.6. The van der Waals surface area contributed by atoms with Crippen LogP contribution in [-0.2, 0) is 14.3 Å². The molecule has 0 heterocycles. The van der Waals surface area contributed by atoms with Gasteiger partial charge in [0.2, 0.25) is 0 Å². The molecule has 28 heavy (non-hydrogen) atoms. The lowest BCUT2D eigenvalue weighted by Gasteiger charge is -2.08. The molecule has 0 radical (unpaired) electrons. The molecule has 0 saturated heterocycles. The number of benzene rings is 2. The van der Waals surface area contributed by atoms with Gasteiger partial charge in [-0.1, -0.05) is 24.3 Å². The van der Waals surface area contributed by atoms with Gasteiger partial charge >= 0.3 is 5.97 Å². The van der Waals surface area contributed by atoms with Gasteiger partial charge in [-0.05, 0) is 42.8 Å². The third-order valence-electron chi connectivity index (χ3n) is 3.55. The van der Waals surface area contributed by atoms with Crippen LogP contribution in [0.15, 0.2) is 54.6 Å². The molecule has 1 N–H and O–H groups in total. The van der Waals surface area contributed by atoms with Crippen LogP contribution in [0.3, 0.4) is 0 Å². The SMILES string of the molecule is CCOc1ccc(/C=C/C(=O)OCC(=O)NC(=O)c2ccccc2OC)cc1. The van der Waals surface area contributed by atoms with Gasteiger partial charge in [0.05, 0.1) is 19.3 Å². The van der Waals surface area contributed by atoms with Crippen molar-refractivity contribution in [1.29, 1.82) is 0 Å². The molecule has 0 aromatic heterocycles. The van der Waals surface area contributed by atoms with Gasteiger partial charge < -0.3 is 14.2 Å². The normalized spacial score (nSPS) is 10.4. The summed E-state index contributed by atoms with van der Waals surface area (Å²) in [6.45, 7) is 1.89. The molecule has 0 aliphatic carbocycles. The van der Waals surface area contributed by atoms with Crippen LogP contribution in [0.4, 0.5) is 0 Å². The molecular formula is C21H21NO6. The number of carbonyl (C=O) groups excluding carboxylic acids is 3. The zero-order valence-electron chi connectivity index (χ0n) is 15.6. The van der Waals surface area contributed by atoms with Crippen molar-refractivity contribution in [3.63, 3.8) is 0 Å². The van der Waals surface area contributed by atoms with E-state index in [1.165, 1.54) is 19.3 Å². The second-order valence-corrected chi connectivity index (χ2v) is 5.52. The van der Waals surface area contributed by atoms with Gasteiger partial charge in [-0.15, -0.1) is 0 Å². The number of methoxy groups -OCH3 is 1. The first-order valence-corrected chi connectivity index (χ1v) is 8.58. The first kappa shape index (κ1) is 20.7. The monoisotopic (exact) mass is 383 g/mol. The Morgan fingerprint density at radius 2 is 1.75 bits per heavy atom. The van der Waals surface area contributed by atoms with E-state index in [4.69, 9.17) is 14.2 Å². The minimum absolute atomic E-state index is 0.208. The molecule has 7 nitrogen and oxygen atoms in total. The van der Waals surface area contributed by atoms with Crippen LogP contribution in [-0.4, -0.2) is 38.1 Å². The molecule has 7 heteroatoms. The predicted octanol–water partition coefficient (Wildman–Crippen LogP) is 2.61. The molecule has 0 fully saturated rings. The average Bonchev–Trinajstić information content (AvgIpc) is 2.71. The molecule has 0 bridgehead atoms. The molecule has 0 unspecified atom stereocenters. The molecule has 0 spiro atoms. The first-order chi connectivity index (χ1) is 13.5. The lowest BCUT2D eigenvalue weighted by atomic mass is 10.2. The number of amides is 2. The molecule has 2 amide bonds. The Balaban J connectivity index is 1.81. The molecule has 0 saturated carbocycles. The summed E-state index contributed by atoms with van der Waals surface area (Å²) in [5, 5.41) is 2.15. The fourth-order valence-electron chi connectivity index (χ4n) is 2.25. The topological polar surface area (TPSA) is 90.9 Å². The third-order valence-corrected chi connectivity index (χ3v) is 3.55. The van der Waals surface area contributed by atoms with Crippen molar-refractivity contribution in [3.8, 4) is 11.5 Å². The van der Waals surface area contributed by atoms with Crippen molar-refractivity contribution < 1.29 is 28.6 Å². The molecule has 0 aliphatic heterocycles. The highest BCUT2D eigenvalue weighted by atomic mass is 16.5. The quantitative estimate of drug-likeness (QED) is 0.557. The number of imide groups is 1. The Hall–Kier alpha value is -3.61. The van der Waals surface area contributed by atoms with Crippen LogP contribution in [0.25, 0.3) is 6.08 Å². The third kappa shape index (κ3) is 6.28. The van der Waals surface area contributed by atoms with Gasteiger partial charge in [0.25, 0.3) is 11.8 Å². The summed E-state index contributed by atoms with van der Waals surface area (Å²) in [5.74, 6) is -1.00. The van der Waals surface area contributed by atoms with E-state index < -0.39 is 24.4 Å². The van der Waals surface area contributed by atoms with Crippen molar-refractivity contribution in [2.45, 2.75) is 6.92 Å². The minimum Gasteiger partial charge on any atom is -0.496 e. The lowest BCUT2D eigenvalue weighted by molar-refractivity contribution is -0.143. The number of esters is 1. The molecule has 2 rings (SSSR count). The number of carbonyl (C=O) groups is 3. The van der Waals surface area contributed by atoms with Crippen molar-refractivity contribution >= 4 is 23.9 Å². The van der Waals surface area contributed by atoms with E-state index in [0.29, 0.717) is 12.4 Å². The van der Waals surface area contributed by atoms with Gasteiger partial charge in [0.15, 0.2) is 6.61 Å². The highest BCUT2D eigenvalue weighted by Gasteiger charge is 2.15. The van der Waals surface area contributed by atoms with E-state index in [1.807, 2.05) is 6.92 Å². The maximum absolute atomic E-state index is 12.1. The fourth-order valence-corrected chi connectivity index (χ4v) is 2.25. The second kappa shape index (κ2) is 10.5. The summed E-state index contributed by atoms with van der Waals surface area (Å²) in [7, 11) is 1.42. The van der Waals surface area contributed by atoms with Crippen molar-refractivity contribution in [3.05, 3.63) is 65.7 Å². The summed E-state index contributed by atoms with van der Waals surface area (Å²) < 4.78 is 15.2. The van der Waals surface area contributed by atoms with Crippen molar-refractivity contribution in [2.24, 2.45) is 0 Å². The van der Waals surface area contributed by atoms with Crippen LogP contribution in [0.2, 0.25) is 0 Å². The maximum atomic E-state index is 12.1. The number of nitrogens with one attached hydrogen (secondary N) is 1. The first-order valence-electron chi connectivity index (χ1n) is 8.58. The Kier molecular flexibility index (Phi) is 7.77. The Labute approximate surface area is 162 Å². The van der Waals surface area contributed by atoms with Crippen LogP contribution in [0.1, 0.15) is 22.8 Å². The maximum Gasteiger partial charge on any atom is 0.331 e. The molecular weight excluding hydrogens is 362 g/mol. The highest BCUT2D eigenvalue weighted by Crippen LogP contribution is 2.16. The molecule has 2 aromatic carbocycles. The van der Waals surface area contributed by atoms with Gasteiger partial charge in [-0.2, -0.15) is 0 Å². The summed E-state index contributed by atoms with van der Waals surface area (Å²) in [6.07, 6.45) is 2.75. The number of ether oxygens (including phenoxy) is 3. The van der Waals surface area contributed by atoms with Gasteiger partial charge in [0.1, 0.15) is 11.5 Å². The van der Waals surface area contributed by atoms with Crippen LogP contribution < -0.4 is 14.8 Å². The number of rotatable bonds is 8. The summed E-state index contributed by atoms with van der Waals surface area (Å²) >= 11 is 0. The van der Waals surface area contributed by atoms with Crippen LogP contribution >= 0.6 is 0 Å². The van der Waals surface area contributed by atoms with Gasteiger partial charge in [-0.3, -0.25) is 14.9 Å². The van der Waals surface area contributed by atoms with Gasteiger partial charge in [-0.25, -0.2) is 4.79 Å². The van der Waals surface area contributed by atoms with Crippen LogP contribution in [0, 0.1) is 0 Å². The van der Waals surface area contributed by atoms with Crippen LogP contribution in [0.5, 0.6) is 11.5 Å². The van der Waals surface area contributed by atoms with Crippen molar-refractivity contribution in [1.82, 2.24) is 5.32 Å². The van der Waals surface area contributed by atoms with E-state index in [9.17, 15) is 14.4 Å². The van der Waals surface area contributed by atoms with E-state index in [1.54, 1.807) is 48.5 Å². The second-order valence-electron chi connectivity index (χ2n) is 5.52. The number of hydrogen-bond donors (Lipinski definition) is 1. The minimum atomic E-state index is -0.737. The average molecular weight is 383 g/mol. The molecule has 0 atom stereocenters. The molecule has 0 aliphatic rings. The Morgan fingerprint density at radius 1 is 1.04 bits per heavy atom. The molecule has 146 valence electrons. The largest absolute Gasteiger partial charge is 0.496 e. The highest BCUT2D eigenvalue weighted by molar-refractivity contribution is 6.06. The Bertz CT molecular complexity index is 857. The number of hydrogen-bond acceptors (Lipinski definition) is 6. The van der Waals surface area contributed by atoms with E-state index in [0.717, 1.165) is 11.3 Å². The summed E-state index contributed by atoms with van der Waals surface area (Å²) in [5.41, 5.74) is 0.983. The fraction of sp³-hybridized carbons (Fsp3) is 0.190. The number of para-hydroxylation sites is 1. The Morgan fingerprint density at radius 3 is 2.43 bits per heavy atom. The smallest absolute Gasteiger partial charge is 0.331 e. The predicted molar refractivity (Wildman–Crippen MR) is 103 cm³/mol. The van der Waals surface area contributed by atoms with Gasteiger partial charge in [0, 0.05) is 6.08 Å². The van der Waals surface area contributed by atoms with E-state index in [2.05, 4.69) is 5.32 Å². The molecule has 2 aromatic rings. The zero-order valence-corrected chi connectivity index (χ0v) is 15.6.